The Hall–Kier alpha value is -1.64. The number of nitrogens with zero attached hydrogens (tertiary/aromatic N) is 2. The molecule has 0 saturated heterocycles. The molecule has 16 heavy (non-hydrogen) atoms. The zero-order valence-corrected chi connectivity index (χ0v) is 9.73. The summed E-state index contributed by atoms with van der Waals surface area (Å²) in [5, 5.41) is 0.712. The molecule has 0 aliphatic rings. The molecule has 0 bridgehead atoms. The summed E-state index contributed by atoms with van der Waals surface area (Å²) in [5.41, 5.74) is 0.886. The van der Waals surface area contributed by atoms with Gasteiger partial charge in [-0.2, -0.15) is 0 Å². The molecule has 0 saturated carbocycles. The van der Waals surface area contributed by atoms with Gasteiger partial charge in [-0.25, -0.2) is 4.98 Å². The third kappa shape index (κ3) is 1.73. The minimum Gasteiger partial charge on any atom is -0.296 e. The van der Waals surface area contributed by atoms with Gasteiger partial charge in [0.15, 0.2) is 0 Å². The summed E-state index contributed by atoms with van der Waals surface area (Å²) < 4.78 is 1.77. The van der Waals surface area contributed by atoms with Crippen LogP contribution in [0, 0.1) is 0 Å². The van der Waals surface area contributed by atoms with Crippen molar-refractivity contribution in [3.63, 3.8) is 0 Å². The number of para-hydroxylation sites is 1. The van der Waals surface area contributed by atoms with Crippen LogP contribution in [0.15, 0.2) is 29.1 Å². The first kappa shape index (κ1) is 10.9. The molecule has 0 unspecified atom stereocenters. The lowest BCUT2D eigenvalue weighted by atomic mass is 10.2. The summed E-state index contributed by atoms with van der Waals surface area (Å²) in [7, 11) is 0. The molecule has 0 aliphatic carbocycles. The van der Waals surface area contributed by atoms with Crippen molar-refractivity contribution in [2.45, 2.75) is 33.2 Å². The van der Waals surface area contributed by atoms with Crippen LogP contribution in [0.2, 0.25) is 0 Å². The van der Waals surface area contributed by atoms with Gasteiger partial charge in [0, 0.05) is 13.0 Å². The second-order valence-corrected chi connectivity index (χ2v) is 3.84. The van der Waals surface area contributed by atoms with Gasteiger partial charge in [0.2, 0.25) is 0 Å². The van der Waals surface area contributed by atoms with Gasteiger partial charge >= 0.3 is 0 Å². The topological polar surface area (TPSA) is 34.9 Å². The first-order valence-electron chi connectivity index (χ1n) is 5.76. The summed E-state index contributed by atoms with van der Waals surface area (Å²) in [6.45, 7) is 4.77. The third-order valence-electron chi connectivity index (χ3n) is 2.73. The lowest BCUT2D eigenvalue weighted by Crippen LogP contribution is -2.24. The SMILES string of the molecule is CCCc1nc2ccccc2c(=O)n1CC. The largest absolute Gasteiger partial charge is 0.296 e. The fourth-order valence-electron chi connectivity index (χ4n) is 1.95. The molecule has 3 nitrogen and oxygen atoms in total. The minimum atomic E-state index is 0.0801. The van der Waals surface area contributed by atoms with Gasteiger partial charge in [0.1, 0.15) is 5.82 Å². The highest BCUT2D eigenvalue weighted by molar-refractivity contribution is 5.77. The second-order valence-electron chi connectivity index (χ2n) is 3.84. The smallest absolute Gasteiger partial charge is 0.261 e. The normalized spacial score (nSPS) is 10.9. The predicted octanol–water partition coefficient (Wildman–Crippen LogP) is 2.37. The van der Waals surface area contributed by atoms with Crippen LogP contribution in [-0.4, -0.2) is 9.55 Å². The molecule has 0 spiro atoms. The second kappa shape index (κ2) is 4.47. The van der Waals surface area contributed by atoms with E-state index in [4.69, 9.17) is 0 Å². The summed E-state index contributed by atoms with van der Waals surface area (Å²) in [4.78, 5) is 16.7. The highest BCUT2D eigenvalue weighted by Gasteiger charge is 2.07. The molecule has 2 rings (SSSR count). The summed E-state index contributed by atoms with van der Waals surface area (Å²) in [6, 6.07) is 7.54. The Morgan fingerprint density at radius 2 is 2.00 bits per heavy atom. The van der Waals surface area contributed by atoms with Gasteiger partial charge in [-0.05, 0) is 25.5 Å². The van der Waals surface area contributed by atoms with Crippen LogP contribution in [0.4, 0.5) is 0 Å². The molecule has 1 aromatic heterocycles. The molecule has 1 aromatic carbocycles. The van der Waals surface area contributed by atoms with Gasteiger partial charge in [0.05, 0.1) is 10.9 Å². The van der Waals surface area contributed by atoms with E-state index in [9.17, 15) is 4.79 Å². The van der Waals surface area contributed by atoms with Crippen molar-refractivity contribution in [2.75, 3.05) is 0 Å². The molecule has 0 amide bonds. The van der Waals surface area contributed by atoms with E-state index in [1.165, 1.54) is 0 Å². The quantitative estimate of drug-likeness (QED) is 0.789. The van der Waals surface area contributed by atoms with E-state index < -0.39 is 0 Å². The highest BCUT2D eigenvalue weighted by Crippen LogP contribution is 2.08. The molecule has 0 fully saturated rings. The number of rotatable bonds is 3. The van der Waals surface area contributed by atoms with Crippen molar-refractivity contribution in [3.8, 4) is 0 Å². The molecule has 0 aliphatic heterocycles. The van der Waals surface area contributed by atoms with Crippen LogP contribution in [0.5, 0.6) is 0 Å². The highest BCUT2D eigenvalue weighted by atomic mass is 16.1. The molecule has 0 radical (unpaired) electrons. The van der Waals surface area contributed by atoms with Crippen molar-refractivity contribution >= 4 is 10.9 Å². The van der Waals surface area contributed by atoms with Gasteiger partial charge in [-0.3, -0.25) is 9.36 Å². The minimum absolute atomic E-state index is 0.0801. The third-order valence-corrected chi connectivity index (χ3v) is 2.73. The fourth-order valence-corrected chi connectivity index (χ4v) is 1.95. The molecule has 0 atom stereocenters. The van der Waals surface area contributed by atoms with Crippen LogP contribution >= 0.6 is 0 Å². The molecule has 1 heterocycles. The van der Waals surface area contributed by atoms with Crippen LogP contribution < -0.4 is 5.56 Å². The maximum absolute atomic E-state index is 12.2. The Bertz CT molecular complexity index is 557. The maximum atomic E-state index is 12.2. The van der Waals surface area contributed by atoms with Crippen molar-refractivity contribution in [1.29, 1.82) is 0 Å². The van der Waals surface area contributed by atoms with Crippen molar-refractivity contribution in [2.24, 2.45) is 0 Å². The van der Waals surface area contributed by atoms with Gasteiger partial charge in [-0.1, -0.05) is 19.1 Å². The van der Waals surface area contributed by atoms with Crippen LogP contribution in [0.1, 0.15) is 26.1 Å². The molecule has 2 aromatic rings. The zero-order chi connectivity index (χ0) is 11.5. The van der Waals surface area contributed by atoms with Crippen molar-refractivity contribution in [1.82, 2.24) is 9.55 Å². The van der Waals surface area contributed by atoms with Crippen molar-refractivity contribution in [3.05, 3.63) is 40.4 Å². The number of aryl methyl sites for hydroxylation is 1. The van der Waals surface area contributed by atoms with Gasteiger partial charge < -0.3 is 0 Å². The Morgan fingerprint density at radius 1 is 1.25 bits per heavy atom. The molecule has 3 heteroatoms. The predicted molar refractivity (Wildman–Crippen MR) is 65.7 cm³/mol. The number of hydrogen-bond donors (Lipinski definition) is 0. The van der Waals surface area contributed by atoms with Crippen LogP contribution in [0.25, 0.3) is 10.9 Å². The van der Waals surface area contributed by atoms with Gasteiger partial charge in [0.25, 0.3) is 5.56 Å². The average Bonchev–Trinajstić information content (AvgIpc) is 2.30. The first-order chi connectivity index (χ1) is 7.77. The van der Waals surface area contributed by atoms with E-state index in [1.54, 1.807) is 4.57 Å². The number of hydrogen-bond acceptors (Lipinski definition) is 2. The van der Waals surface area contributed by atoms with E-state index in [-0.39, 0.29) is 5.56 Å². The van der Waals surface area contributed by atoms with Crippen LogP contribution in [0.3, 0.4) is 0 Å². The standard InChI is InChI=1S/C13H16N2O/c1-3-7-12-14-11-9-6-5-8-10(11)13(16)15(12)4-2/h5-6,8-9H,3-4,7H2,1-2H3. The van der Waals surface area contributed by atoms with Gasteiger partial charge in [-0.15, -0.1) is 0 Å². The van der Waals surface area contributed by atoms with E-state index in [2.05, 4.69) is 11.9 Å². The van der Waals surface area contributed by atoms with E-state index >= 15 is 0 Å². The summed E-state index contributed by atoms with van der Waals surface area (Å²) >= 11 is 0. The molecule has 84 valence electrons. The number of benzene rings is 1. The number of aromatic nitrogens is 2. The Balaban J connectivity index is 2.76. The monoisotopic (exact) mass is 216 g/mol. The lowest BCUT2D eigenvalue weighted by molar-refractivity contribution is 0.645. The summed E-state index contributed by atoms with van der Waals surface area (Å²) in [6.07, 6.45) is 1.86. The average molecular weight is 216 g/mol. The Morgan fingerprint density at radius 3 is 2.69 bits per heavy atom. The number of fused-ring (bicyclic) bond motifs is 1. The molecular formula is C13H16N2O. The van der Waals surface area contributed by atoms with Crippen LogP contribution in [-0.2, 0) is 13.0 Å². The Labute approximate surface area is 94.7 Å². The molecule has 0 N–H and O–H groups in total. The fraction of sp³-hybridized carbons (Fsp3) is 0.385. The lowest BCUT2D eigenvalue weighted by Gasteiger charge is -2.10. The van der Waals surface area contributed by atoms with E-state index in [0.29, 0.717) is 11.9 Å². The zero-order valence-electron chi connectivity index (χ0n) is 9.73. The van der Waals surface area contributed by atoms with E-state index in [0.717, 1.165) is 24.2 Å². The molecular weight excluding hydrogens is 200 g/mol. The van der Waals surface area contributed by atoms with Crippen molar-refractivity contribution < 1.29 is 0 Å². The summed E-state index contributed by atoms with van der Waals surface area (Å²) in [5.74, 6) is 0.897. The maximum Gasteiger partial charge on any atom is 0.261 e. The van der Waals surface area contributed by atoms with E-state index in [1.807, 2.05) is 31.2 Å². The Kier molecular flexibility index (Phi) is 3.04. The first-order valence-corrected chi connectivity index (χ1v) is 5.76.